The molecule has 1 aliphatic rings. The van der Waals surface area contributed by atoms with Gasteiger partial charge in [-0.1, -0.05) is 33.6 Å². The normalized spacial score (nSPS) is 17.5. The van der Waals surface area contributed by atoms with Crippen LogP contribution < -0.4 is 5.32 Å². The van der Waals surface area contributed by atoms with Crippen molar-refractivity contribution in [2.75, 3.05) is 13.1 Å². The molecular weight excluding hydrogens is 237 g/mol. The van der Waals surface area contributed by atoms with Crippen LogP contribution in [0, 0.1) is 0 Å². The van der Waals surface area contributed by atoms with Crippen LogP contribution in [0.15, 0.2) is 22.7 Å². The molecule has 0 aromatic heterocycles. The molecule has 1 aromatic carbocycles. The molecule has 1 N–H and O–H groups in total. The van der Waals surface area contributed by atoms with Gasteiger partial charge in [-0.25, -0.2) is 0 Å². The summed E-state index contributed by atoms with van der Waals surface area (Å²) in [6.45, 7) is 2.11. The highest BCUT2D eigenvalue weighted by atomic mass is 79.9. The van der Waals surface area contributed by atoms with Gasteiger partial charge in [0.05, 0.1) is 0 Å². The third kappa shape index (κ3) is 1.51. The average molecular weight is 247 g/mol. The van der Waals surface area contributed by atoms with Gasteiger partial charge in [0.15, 0.2) is 0 Å². The molecule has 0 spiro atoms. The largest absolute Gasteiger partial charge is 0.315 e. The smallest absolute Gasteiger partial charge is 0.0453 e. The fourth-order valence-electron chi connectivity index (χ4n) is 1.34. The van der Waals surface area contributed by atoms with Gasteiger partial charge in [0.2, 0.25) is 0 Å². The van der Waals surface area contributed by atoms with Gasteiger partial charge in [0, 0.05) is 28.5 Å². The van der Waals surface area contributed by atoms with Crippen molar-refractivity contribution in [1.29, 1.82) is 0 Å². The third-order valence-corrected chi connectivity index (χ3v) is 3.00. The van der Waals surface area contributed by atoms with E-state index in [4.69, 9.17) is 11.6 Å². The van der Waals surface area contributed by atoms with Crippen LogP contribution in [0.5, 0.6) is 0 Å². The summed E-state index contributed by atoms with van der Waals surface area (Å²) in [5.41, 5.74) is 1.26. The van der Waals surface area contributed by atoms with E-state index in [1.54, 1.807) is 0 Å². The second-order valence-electron chi connectivity index (χ2n) is 3.02. The van der Waals surface area contributed by atoms with Gasteiger partial charge >= 0.3 is 0 Å². The lowest BCUT2D eigenvalue weighted by molar-refractivity contribution is 0.448. The van der Waals surface area contributed by atoms with Crippen molar-refractivity contribution in [2.45, 2.75) is 5.92 Å². The van der Waals surface area contributed by atoms with E-state index < -0.39 is 0 Å². The minimum Gasteiger partial charge on any atom is -0.315 e. The van der Waals surface area contributed by atoms with Crippen molar-refractivity contribution in [3.8, 4) is 0 Å². The maximum atomic E-state index is 6.08. The molecule has 1 fully saturated rings. The summed E-state index contributed by atoms with van der Waals surface area (Å²) < 4.78 is 1.04. The number of rotatable bonds is 1. The Balaban J connectivity index is 2.31. The van der Waals surface area contributed by atoms with Crippen LogP contribution in [0.3, 0.4) is 0 Å². The van der Waals surface area contributed by atoms with Crippen molar-refractivity contribution in [3.63, 3.8) is 0 Å². The molecule has 1 aromatic rings. The van der Waals surface area contributed by atoms with Crippen molar-refractivity contribution in [1.82, 2.24) is 5.32 Å². The number of hydrogen-bond acceptors (Lipinski definition) is 1. The summed E-state index contributed by atoms with van der Waals surface area (Å²) in [5.74, 6) is 0.616. The van der Waals surface area contributed by atoms with Gasteiger partial charge in [-0.2, -0.15) is 0 Å². The van der Waals surface area contributed by atoms with Crippen LogP contribution in [0.25, 0.3) is 0 Å². The molecule has 0 atom stereocenters. The summed E-state index contributed by atoms with van der Waals surface area (Å²) in [4.78, 5) is 0. The lowest BCUT2D eigenvalue weighted by atomic mass is 9.94. The Morgan fingerprint density at radius 1 is 1.42 bits per heavy atom. The zero-order valence-corrected chi connectivity index (χ0v) is 8.82. The second-order valence-corrected chi connectivity index (χ2v) is 4.34. The van der Waals surface area contributed by atoms with E-state index in [2.05, 4.69) is 27.3 Å². The Morgan fingerprint density at radius 3 is 2.67 bits per heavy atom. The molecule has 0 unspecified atom stereocenters. The molecule has 1 heterocycles. The molecule has 0 radical (unpaired) electrons. The highest BCUT2D eigenvalue weighted by molar-refractivity contribution is 9.10. The topological polar surface area (TPSA) is 12.0 Å². The van der Waals surface area contributed by atoms with Gasteiger partial charge < -0.3 is 5.32 Å². The summed E-state index contributed by atoms with van der Waals surface area (Å²) in [5, 5.41) is 4.10. The Kier molecular flexibility index (Phi) is 2.40. The zero-order valence-electron chi connectivity index (χ0n) is 6.48. The summed E-state index contributed by atoms with van der Waals surface area (Å²) >= 11 is 9.46. The molecule has 1 saturated heterocycles. The van der Waals surface area contributed by atoms with Crippen LogP contribution in [0.2, 0.25) is 5.02 Å². The van der Waals surface area contributed by atoms with Gasteiger partial charge in [-0.15, -0.1) is 0 Å². The molecule has 2 rings (SSSR count). The molecule has 64 valence electrons. The molecular formula is C9H9BrClN. The van der Waals surface area contributed by atoms with Crippen molar-refractivity contribution < 1.29 is 0 Å². The van der Waals surface area contributed by atoms with E-state index in [0.29, 0.717) is 5.92 Å². The predicted octanol–water partition coefficient (Wildman–Crippen LogP) is 2.79. The Morgan fingerprint density at radius 2 is 2.17 bits per heavy atom. The Hall–Kier alpha value is -0.0500. The predicted molar refractivity (Wildman–Crippen MR) is 54.8 cm³/mol. The summed E-state index contributed by atoms with van der Waals surface area (Å²) in [7, 11) is 0. The molecule has 0 amide bonds. The van der Waals surface area contributed by atoms with Crippen LogP contribution in [-0.2, 0) is 0 Å². The minimum absolute atomic E-state index is 0.616. The number of halogens is 2. The van der Waals surface area contributed by atoms with Crippen molar-refractivity contribution in [2.24, 2.45) is 0 Å². The van der Waals surface area contributed by atoms with E-state index in [1.165, 1.54) is 5.56 Å². The minimum atomic E-state index is 0.616. The SMILES string of the molecule is Clc1cc(Br)ccc1C1CNC1. The van der Waals surface area contributed by atoms with Crippen LogP contribution in [-0.4, -0.2) is 13.1 Å². The van der Waals surface area contributed by atoms with Crippen LogP contribution >= 0.6 is 27.5 Å². The van der Waals surface area contributed by atoms with E-state index >= 15 is 0 Å². The first kappa shape index (κ1) is 8.54. The zero-order chi connectivity index (χ0) is 8.55. The number of nitrogens with one attached hydrogen (secondary N) is 1. The fraction of sp³-hybridized carbons (Fsp3) is 0.333. The van der Waals surface area contributed by atoms with Gasteiger partial charge in [0.1, 0.15) is 0 Å². The number of benzene rings is 1. The maximum Gasteiger partial charge on any atom is 0.0453 e. The van der Waals surface area contributed by atoms with E-state index in [-0.39, 0.29) is 0 Å². The molecule has 12 heavy (non-hydrogen) atoms. The highest BCUT2D eigenvalue weighted by Crippen LogP contribution is 2.29. The van der Waals surface area contributed by atoms with Crippen molar-refractivity contribution in [3.05, 3.63) is 33.3 Å². The third-order valence-electron chi connectivity index (χ3n) is 2.18. The average Bonchev–Trinajstić information content (AvgIpc) is 1.91. The maximum absolute atomic E-state index is 6.08. The molecule has 1 nitrogen and oxygen atoms in total. The Bertz CT molecular complexity index is 297. The van der Waals surface area contributed by atoms with Crippen LogP contribution in [0.1, 0.15) is 11.5 Å². The highest BCUT2D eigenvalue weighted by Gasteiger charge is 2.20. The lowest BCUT2D eigenvalue weighted by Gasteiger charge is -2.28. The van der Waals surface area contributed by atoms with Gasteiger partial charge in [-0.05, 0) is 17.7 Å². The lowest BCUT2D eigenvalue weighted by Crippen LogP contribution is -2.39. The van der Waals surface area contributed by atoms with Gasteiger partial charge in [-0.3, -0.25) is 0 Å². The quantitative estimate of drug-likeness (QED) is 0.803. The van der Waals surface area contributed by atoms with E-state index in [0.717, 1.165) is 22.6 Å². The monoisotopic (exact) mass is 245 g/mol. The first-order chi connectivity index (χ1) is 5.77. The first-order valence-corrected chi connectivity index (χ1v) is 5.10. The van der Waals surface area contributed by atoms with E-state index in [1.807, 2.05) is 12.1 Å². The fourth-order valence-corrected chi connectivity index (χ4v) is 2.17. The molecule has 0 bridgehead atoms. The first-order valence-electron chi connectivity index (χ1n) is 3.93. The Labute approximate surface area is 85.2 Å². The number of hydrogen-bond donors (Lipinski definition) is 1. The molecule has 1 aliphatic heterocycles. The molecule has 3 heteroatoms. The van der Waals surface area contributed by atoms with Crippen molar-refractivity contribution >= 4 is 27.5 Å². The van der Waals surface area contributed by atoms with Crippen LogP contribution in [0.4, 0.5) is 0 Å². The summed E-state index contributed by atoms with van der Waals surface area (Å²) in [6.07, 6.45) is 0. The van der Waals surface area contributed by atoms with E-state index in [9.17, 15) is 0 Å². The molecule has 0 aliphatic carbocycles. The summed E-state index contributed by atoms with van der Waals surface area (Å²) in [6, 6.07) is 6.09. The standard InChI is InChI=1S/C9H9BrClN/c10-7-1-2-8(9(11)3-7)6-4-12-5-6/h1-3,6,12H,4-5H2. The van der Waals surface area contributed by atoms with Gasteiger partial charge in [0.25, 0.3) is 0 Å². The second kappa shape index (κ2) is 3.36. The molecule has 0 saturated carbocycles.